The van der Waals surface area contributed by atoms with E-state index in [1.165, 1.54) is 6.07 Å². The van der Waals surface area contributed by atoms with Crippen LogP contribution in [0.5, 0.6) is 0 Å². The largest absolute Gasteiger partial charge is 0.393 e. The topological polar surface area (TPSA) is 32.3 Å². The van der Waals surface area contributed by atoms with Crippen molar-refractivity contribution in [3.63, 3.8) is 0 Å². The van der Waals surface area contributed by atoms with Gasteiger partial charge in [-0.25, -0.2) is 4.39 Å². The maximum atomic E-state index is 13.6. The number of aliphatic hydroxyl groups excluding tert-OH is 1. The van der Waals surface area contributed by atoms with Crippen molar-refractivity contribution in [3.8, 4) is 0 Å². The lowest BCUT2D eigenvalue weighted by atomic mass is 10.0. The molecule has 0 aliphatic heterocycles. The molecule has 3 heteroatoms. The number of halogens is 1. The van der Waals surface area contributed by atoms with Gasteiger partial charge in [0, 0.05) is 11.6 Å². The van der Waals surface area contributed by atoms with E-state index in [0.717, 1.165) is 12.8 Å². The first-order valence-corrected chi connectivity index (χ1v) is 6.34. The van der Waals surface area contributed by atoms with E-state index >= 15 is 0 Å². The summed E-state index contributed by atoms with van der Waals surface area (Å²) in [7, 11) is 0. The van der Waals surface area contributed by atoms with Crippen LogP contribution in [-0.2, 0) is 0 Å². The molecule has 17 heavy (non-hydrogen) atoms. The Bertz CT molecular complexity index is 330. The third-order valence-electron chi connectivity index (χ3n) is 3.03. The van der Waals surface area contributed by atoms with E-state index < -0.39 is 0 Å². The molecular weight excluding hydrogens is 217 g/mol. The number of nitrogens with one attached hydrogen (secondary N) is 1. The van der Waals surface area contributed by atoms with Gasteiger partial charge in [-0.2, -0.15) is 0 Å². The highest BCUT2D eigenvalue weighted by Gasteiger charge is 2.12. The Balaban J connectivity index is 2.52. The summed E-state index contributed by atoms with van der Waals surface area (Å²) in [6.07, 6.45) is 2.05. The van der Waals surface area contributed by atoms with Crippen molar-refractivity contribution in [3.05, 3.63) is 35.6 Å². The van der Waals surface area contributed by atoms with Crippen LogP contribution < -0.4 is 5.32 Å². The van der Waals surface area contributed by atoms with E-state index in [0.29, 0.717) is 18.5 Å². The molecule has 2 unspecified atom stereocenters. The minimum Gasteiger partial charge on any atom is -0.393 e. The highest BCUT2D eigenvalue weighted by Crippen LogP contribution is 2.19. The van der Waals surface area contributed by atoms with Crippen LogP contribution in [0.25, 0.3) is 0 Å². The summed E-state index contributed by atoms with van der Waals surface area (Å²) in [5.41, 5.74) is 0.709. The first kappa shape index (κ1) is 14.1. The fourth-order valence-corrected chi connectivity index (χ4v) is 1.86. The lowest BCUT2D eigenvalue weighted by Crippen LogP contribution is -2.25. The zero-order chi connectivity index (χ0) is 12.7. The second-order valence-electron chi connectivity index (χ2n) is 4.29. The van der Waals surface area contributed by atoms with Crippen LogP contribution in [0.15, 0.2) is 24.3 Å². The van der Waals surface area contributed by atoms with Crippen LogP contribution in [0, 0.1) is 5.82 Å². The summed E-state index contributed by atoms with van der Waals surface area (Å²) in [5, 5.41) is 12.7. The van der Waals surface area contributed by atoms with E-state index in [1.807, 2.05) is 26.0 Å². The Morgan fingerprint density at radius 1 is 1.24 bits per heavy atom. The Kier molecular flexibility index (Phi) is 6.16. The van der Waals surface area contributed by atoms with Gasteiger partial charge in [0.2, 0.25) is 0 Å². The number of benzene rings is 1. The second kappa shape index (κ2) is 7.41. The van der Waals surface area contributed by atoms with Gasteiger partial charge >= 0.3 is 0 Å². The molecule has 0 fully saturated rings. The smallest absolute Gasteiger partial charge is 0.127 e. The average Bonchev–Trinajstić information content (AvgIpc) is 2.35. The third kappa shape index (κ3) is 4.44. The fraction of sp³-hybridized carbons (Fsp3) is 0.571. The number of hydrogen-bond acceptors (Lipinski definition) is 2. The van der Waals surface area contributed by atoms with E-state index in [4.69, 9.17) is 0 Å². The fourth-order valence-electron chi connectivity index (χ4n) is 1.86. The Labute approximate surface area is 103 Å². The van der Waals surface area contributed by atoms with Crippen molar-refractivity contribution in [2.75, 3.05) is 6.54 Å². The zero-order valence-corrected chi connectivity index (χ0v) is 10.6. The summed E-state index contributed by atoms with van der Waals surface area (Å²) in [6.45, 7) is 4.70. The summed E-state index contributed by atoms with van der Waals surface area (Å²) >= 11 is 0. The molecule has 0 aliphatic rings. The summed E-state index contributed by atoms with van der Waals surface area (Å²) in [4.78, 5) is 0. The Hall–Kier alpha value is -0.930. The Morgan fingerprint density at radius 3 is 2.53 bits per heavy atom. The molecule has 0 amide bonds. The first-order valence-electron chi connectivity index (χ1n) is 6.34. The zero-order valence-electron chi connectivity index (χ0n) is 10.6. The summed E-state index contributed by atoms with van der Waals surface area (Å²) in [6, 6.07) is 6.88. The van der Waals surface area contributed by atoms with Gasteiger partial charge in [0.05, 0.1) is 6.10 Å². The minimum absolute atomic E-state index is 0.0280. The minimum atomic E-state index is -0.263. The third-order valence-corrected chi connectivity index (χ3v) is 3.03. The van der Waals surface area contributed by atoms with Crippen LogP contribution in [-0.4, -0.2) is 17.8 Å². The van der Waals surface area contributed by atoms with Crippen LogP contribution in [0.4, 0.5) is 4.39 Å². The normalized spacial score (nSPS) is 14.6. The summed E-state index contributed by atoms with van der Waals surface area (Å²) in [5.74, 6) is -0.164. The molecule has 2 nitrogen and oxygen atoms in total. The molecule has 0 heterocycles. The molecule has 0 aliphatic carbocycles. The van der Waals surface area contributed by atoms with Crippen LogP contribution in [0.1, 0.15) is 44.7 Å². The van der Waals surface area contributed by atoms with Gasteiger partial charge in [-0.15, -0.1) is 0 Å². The van der Waals surface area contributed by atoms with Gasteiger partial charge in [-0.05, 0) is 31.9 Å². The maximum absolute atomic E-state index is 13.6. The van der Waals surface area contributed by atoms with E-state index in [1.54, 1.807) is 6.07 Å². The maximum Gasteiger partial charge on any atom is 0.127 e. The van der Waals surface area contributed by atoms with Crippen molar-refractivity contribution in [2.24, 2.45) is 0 Å². The van der Waals surface area contributed by atoms with Crippen molar-refractivity contribution in [1.29, 1.82) is 0 Å². The number of aliphatic hydroxyl groups is 1. The predicted octanol–water partition coefficient (Wildman–Crippen LogP) is 3.03. The van der Waals surface area contributed by atoms with Gasteiger partial charge in [0.1, 0.15) is 5.82 Å². The lowest BCUT2D eigenvalue weighted by Gasteiger charge is -2.19. The van der Waals surface area contributed by atoms with Crippen molar-refractivity contribution >= 4 is 0 Å². The van der Waals surface area contributed by atoms with Gasteiger partial charge in [0.25, 0.3) is 0 Å². The SMILES string of the molecule is CCC(O)CCNC(CC)c1ccccc1F. The van der Waals surface area contributed by atoms with Gasteiger partial charge in [-0.3, -0.25) is 0 Å². The van der Waals surface area contributed by atoms with Crippen LogP contribution >= 0.6 is 0 Å². The molecule has 0 radical (unpaired) electrons. The van der Waals surface area contributed by atoms with E-state index in [-0.39, 0.29) is 18.0 Å². The van der Waals surface area contributed by atoms with Crippen molar-refractivity contribution < 1.29 is 9.50 Å². The molecule has 1 rings (SSSR count). The standard InChI is InChI=1S/C14H22FNO/c1-3-11(17)9-10-16-14(4-2)12-7-5-6-8-13(12)15/h5-8,11,14,16-17H,3-4,9-10H2,1-2H3. The molecule has 1 aromatic carbocycles. The Morgan fingerprint density at radius 2 is 1.94 bits per heavy atom. The molecule has 1 aromatic rings. The van der Waals surface area contributed by atoms with E-state index in [2.05, 4.69) is 5.32 Å². The lowest BCUT2D eigenvalue weighted by molar-refractivity contribution is 0.158. The van der Waals surface area contributed by atoms with Crippen LogP contribution in [0.2, 0.25) is 0 Å². The number of rotatable bonds is 7. The highest BCUT2D eigenvalue weighted by atomic mass is 19.1. The molecule has 0 aromatic heterocycles. The molecule has 96 valence electrons. The van der Waals surface area contributed by atoms with Gasteiger partial charge in [0.15, 0.2) is 0 Å². The molecular formula is C14H22FNO. The van der Waals surface area contributed by atoms with Crippen LogP contribution in [0.3, 0.4) is 0 Å². The van der Waals surface area contributed by atoms with Crippen molar-refractivity contribution in [1.82, 2.24) is 5.32 Å². The highest BCUT2D eigenvalue weighted by molar-refractivity contribution is 5.21. The molecule has 0 spiro atoms. The summed E-state index contributed by atoms with van der Waals surface area (Å²) < 4.78 is 13.6. The van der Waals surface area contributed by atoms with Gasteiger partial charge in [-0.1, -0.05) is 32.0 Å². The quantitative estimate of drug-likeness (QED) is 0.766. The molecule has 0 saturated carbocycles. The monoisotopic (exact) mass is 239 g/mol. The van der Waals surface area contributed by atoms with Gasteiger partial charge < -0.3 is 10.4 Å². The molecule has 0 bridgehead atoms. The molecule has 2 N–H and O–H groups in total. The predicted molar refractivity (Wildman–Crippen MR) is 68.3 cm³/mol. The first-order chi connectivity index (χ1) is 8.19. The number of hydrogen-bond donors (Lipinski definition) is 2. The second-order valence-corrected chi connectivity index (χ2v) is 4.29. The molecule has 2 atom stereocenters. The average molecular weight is 239 g/mol. The molecule has 0 saturated heterocycles. The van der Waals surface area contributed by atoms with E-state index in [9.17, 15) is 9.50 Å². The van der Waals surface area contributed by atoms with Crippen molar-refractivity contribution in [2.45, 2.75) is 45.3 Å².